The maximum absolute atomic E-state index is 4.59. The third-order valence-electron chi connectivity index (χ3n) is 3.51. The van der Waals surface area contributed by atoms with Crippen LogP contribution < -0.4 is 10.2 Å². The van der Waals surface area contributed by atoms with Gasteiger partial charge in [-0.15, -0.1) is 0 Å². The number of hydrogen-bond donors (Lipinski definition) is 1. The third kappa shape index (κ3) is 6.44. The first-order valence-corrected chi connectivity index (χ1v) is 8.03. The smallest absolute Gasteiger partial charge is 0.128 e. The molecule has 0 radical (unpaired) electrons. The molecule has 0 aliphatic heterocycles. The summed E-state index contributed by atoms with van der Waals surface area (Å²) in [4.78, 5) is 9.21. The first kappa shape index (κ1) is 17.9. The van der Waals surface area contributed by atoms with Gasteiger partial charge in [0.2, 0.25) is 0 Å². The van der Waals surface area contributed by atoms with E-state index in [4.69, 9.17) is 0 Å². The molecule has 0 fully saturated rings. The molecular weight excluding hydrogens is 260 g/mol. The number of anilines is 1. The molecule has 0 amide bonds. The molecule has 1 atom stereocenters. The van der Waals surface area contributed by atoms with E-state index in [-0.39, 0.29) is 0 Å². The van der Waals surface area contributed by atoms with Crippen LogP contribution in [0.5, 0.6) is 0 Å². The largest absolute Gasteiger partial charge is 0.355 e. The number of rotatable bonds is 9. The second kappa shape index (κ2) is 9.00. The molecular formula is C17H32N4. The molecule has 0 aromatic carbocycles. The summed E-state index contributed by atoms with van der Waals surface area (Å²) >= 11 is 0. The first-order chi connectivity index (χ1) is 9.93. The molecule has 0 saturated carbocycles. The van der Waals surface area contributed by atoms with E-state index in [9.17, 15) is 0 Å². The second-order valence-corrected chi connectivity index (χ2v) is 6.37. The summed E-state index contributed by atoms with van der Waals surface area (Å²) in [5.74, 6) is 1.72. The fourth-order valence-electron chi connectivity index (χ4n) is 2.36. The van der Waals surface area contributed by atoms with E-state index in [0.29, 0.717) is 12.0 Å². The Labute approximate surface area is 130 Å². The van der Waals surface area contributed by atoms with Crippen LogP contribution >= 0.6 is 0 Å². The highest BCUT2D eigenvalue weighted by molar-refractivity contribution is 5.42. The second-order valence-electron chi connectivity index (χ2n) is 6.37. The van der Waals surface area contributed by atoms with Crippen molar-refractivity contribution in [2.24, 2.45) is 5.92 Å². The minimum Gasteiger partial charge on any atom is -0.355 e. The molecule has 1 aromatic rings. The van der Waals surface area contributed by atoms with Crippen molar-refractivity contribution in [2.45, 2.75) is 33.7 Å². The zero-order valence-corrected chi connectivity index (χ0v) is 14.6. The van der Waals surface area contributed by atoms with Gasteiger partial charge in [0.1, 0.15) is 5.82 Å². The summed E-state index contributed by atoms with van der Waals surface area (Å²) in [6, 6.07) is 4.70. The van der Waals surface area contributed by atoms with Crippen LogP contribution in [-0.2, 0) is 0 Å². The van der Waals surface area contributed by atoms with E-state index >= 15 is 0 Å². The van der Waals surface area contributed by atoms with E-state index in [1.54, 1.807) is 0 Å². The van der Waals surface area contributed by atoms with Gasteiger partial charge >= 0.3 is 0 Å². The van der Waals surface area contributed by atoms with Crippen LogP contribution in [0.2, 0.25) is 0 Å². The summed E-state index contributed by atoms with van der Waals surface area (Å²) < 4.78 is 0. The molecule has 1 heterocycles. The molecule has 0 aliphatic carbocycles. The van der Waals surface area contributed by atoms with Crippen molar-refractivity contribution in [2.75, 3.05) is 45.2 Å². The van der Waals surface area contributed by atoms with Crippen molar-refractivity contribution in [3.63, 3.8) is 0 Å². The lowest BCUT2D eigenvalue weighted by molar-refractivity contribution is 0.408. The van der Waals surface area contributed by atoms with Gasteiger partial charge in [-0.2, -0.15) is 0 Å². The Morgan fingerprint density at radius 3 is 2.48 bits per heavy atom. The van der Waals surface area contributed by atoms with Gasteiger partial charge in [-0.1, -0.05) is 20.8 Å². The highest BCUT2D eigenvalue weighted by Crippen LogP contribution is 2.19. The van der Waals surface area contributed by atoms with Gasteiger partial charge in [-0.05, 0) is 51.2 Å². The molecule has 1 unspecified atom stereocenters. The van der Waals surface area contributed by atoms with Crippen molar-refractivity contribution < 1.29 is 0 Å². The Balaban J connectivity index is 2.87. The maximum atomic E-state index is 4.59. The van der Waals surface area contributed by atoms with Gasteiger partial charge in [0, 0.05) is 31.9 Å². The fourth-order valence-corrected chi connectivity index (χ4v) is 2.36. The van der Waals surface area contributed by atoms with Crippen molar-refractivity contribution in [3.05, 3.63) is 23.9 Å². The van der Waals surface area contributed by atoms with Gasteiger partial charge in [-0.25, -0.2) is 4.98 Å². The predicted molar refractivity (Wildman–Crippen MR) is 91.9 cm³/mol. The molecule has 0 spiro atoms. The SMILES string of the molecule is CCNC(C)c1ccnc(N(CCN(C)C)CC(C)C)c1. The zero-order chi connectivity index (χ0) is 15.8. The Hall–Kier alpha value is -1.13. The summed E-state index contributed by atoms with van der Waals surface area (Å²) in [5, 5.41) is 3.46. The van der Waals surface area contributed by atoms with E-state index in [0.717, 1.165) is 32.0 Å². The Morgan fingerprint density at radius 1 is 1.19 bits per heavy atom. The normalized spacial score (nSPS) is 13.0. The maximum Gasteiger partial charge on any atom is 0.128 e. The van der Waals surface area contributed by atoms with Crippen molar-refractivity contribution in [1.29, 1.82) is 0 Å². The molecule has 4 nitrogen and oxygen atoms in total. The van der Waals surface area contributed by atoms with Crippen molar-refractivity contribution in [1.82, 2.24) is 15.2 Å². The summed E-state index contributed by atoms with van der Waals surface area (Å²) in [7, 11) is 4.23. The van der Waals surface area contributed by atoms with E-state index in [2.05, 4.69) is 74.0 Å². The van der Waals surface area contributed by atoms with Crippen molar-refractivity contribution in [3.8, 4) is 0 Å². The molecule has 0 bridgehead atoms. The molecule has 1 aromatic heterocycles. The molecule has 21 heavy (non-hydrogen) atoms. The standard InChI is InChI=1S/C17H32N4/c1-7-18-15(4)16-8-9-19-17(12-16)21(13-14(2)3)11-10-20(5)6/h8-9,12,14-15,18H,7,10-11,13H2,1-6H3. The van der Waals surface area contributed by atoms with Crippen LogP contribution in [0.25, 0.3) is 0 Å². The summed E-state index contributed by atoms with van der Waals surface area (Å²) in [6.07, 6.45) is 1.93. The molecule has 4 heteroatoms. The number of nitrogens with zero attached hydrogens (tertiary/aromatic N) is 3. The van der Waals surface area contributed by atoms with Crippen LogP contribution in [0.3, 0.4) is 0 Å². The lowest BCUT2D eigenvalue weighted by Crippen LogP contribution is -2.35. The number of aromatic nitrogens is 1. The number of hydrogen-bond acceptors (Lipinski definition) is 4. The van der Waals surface area contributed by atoms with Gasteiger partial charge in [0.25, 0.3) is 0 Å². The molecule has 0 aliphatic rings. The van der Waals surface area contributed by atoms with E-state index < -0.39 is 0 Å². The van der Waals surface area contributed by atoms with Gasteiger partial charge in [-0.3, -0.25) is 0 Å². The van der Waals surface area contributed by atoms with E-state index in [1.165, 1.54) is 5.56 Å². The molecule has 120 valence electrons. The quantitative estimate of drug-likeness (QED) is 0.758. The minimum absolute atomic E-state index is 0.367. The van der Waals surface area contributed by atoms with Crippen LogP contribution in [0.1, 0.15) is 39.3 Å². The average Bonchev–Trinajstić information content (AvgIpc) is 2.43. The Morgan fingerprint density at radius 2 is 1.90 bits per heavy atom. The van der Waals surface area contributed by atoms with Crippen LogP contribution in [-0.4, -0.2) is 50.2 Å². The minimum atomic E-state index is 0.367. The van der Waals surface area contributed by atoms with Crippen molar-refractivity contribution >= 4 is 5.82 Å². The van der Waals surface area contributed by atoms with Gasteiger partial charge in [0.15, 0.2) is 0 Å². The zero-order valence-electron chi connectivity index (χ0n) is 14.6. The number of pyridine rings is 1. The molecule has 1 rings (SSSR count). The monoisotopic (exact) mass is 292 g/mol. The summed E-state index contributed by atoms with van der Waals surface area (Å²) in [5.41, 5.74) is 1.31. The van der Waals surface area contributed by atoms with E-state index in [1.807, 2.05) is 6.20 Å². The third-order valence-corrected chi connectivity index (χ3v) is 3.51. The lowest BCUT2D eigenvalue weighted by atomic mass is 10.1. The van der Waals surface area contributed by atoms with Crippen LogP contribution in [0.15, 0.2) is 18.3 Å². The average molecular weight is 292 g/mol. The first-order valence-electron chi connectivity index (χ1n) is 8.03. The highest BCUT2D eigenvalue weighted by Gasteiger charge is 2.12. The van der Waals surface area contributed by atoms with Gasteiger partial charge in [0.05, 0.1) is 0 Å². The van der Waals surface area contributed by atoms with Gasteiger partial charge < -0.3 is 15.1 Å². The number of nitrogens with one attached hydrogen (secondary N) is 1. The van der Waals surface area contributed by atoms with Crippen LogP contribution in [0, 0.1) is 5.92 Å². The predicted octanol–water partition coefficient (Wildman–Crippen LogP) is 2.78. The fraction of sp³-hybridized carbons (Fsp3) is 0.706. The highest BCUT2D eigenvalue weighted by atomic mass is 15.2. The Kier molecular flexibility index (Phi) is 7.68. The topological polar surface area (TPSA) is 31.4 Å². The molecule has 1 N–H and O–H groups in total. The molecule has 0 saturated heterocycles. The summed E-state index contributed by atoms with van der Waals surface area (Å²) in [6.45, 7) is 12.9. The number of likely N-dealkylation sites (N-methyl/N-ethyl adjacent to an activating group) is 1. The van der Waals surface area contributed by atoms with Crippen LogP contribution in [0.4, 0.5) is 5.82 Å². The lowest BCUT2D eigenvalue weighted by Gasteiger charge is -2.28. The Bertz CT molecular complexity index is 404.